The third-order valence-corrected chi connectivity index (χ3v) is 1.80. The van der Waals surface area contributed by atoms with Crippen LogP contribution in [0.2, 0.25) is 0 Å². The summed E-state index contributed by atoms with van der Waals surface area (Å²) in [6.45, 7) is 1.77. The number of nitro benzene ring substituents is 1. The highest BCUT2D eigenvalue weighted by molar-refractivity contribution is 5.60. The number of nitrogens with two attached hydrogens (primary N) is 1. The highest BCUT2D eigenvalue weighted by Crippen LogP contribution is 2.23. The number of nitrogens with zero attached hydrogens (tertiary/aromatic N) is 1. The Balaban J connectivity index is 3.05. The fourth-order valence-electron chi connectivity index (χ4n) is 1.04. The zero-order chi connectivity index (χ0) is 11.4. The van der Waals surface area contributed by atoms with Crippen molar-refractivity contribution in [2.75, 3.05) is 0 Å². The Kier molecular flexibility index (Phi) is 3.41. The Hall–Kier alpha value is -1.88. The number of nitro groups is 1. The number of phenolic OH excluding ortho intramolecular Hbond substituents is 1. The van der Waals surface area contributed by atoms with Crippen LogP contribution in [-0.2, 0) is 0 Å². The fraction of sp³-hybridized carbons (Fsp3) is 0.200. The molecule has 0 fully saturated rings. The number of benzene rings is 1. The second kappa shape index (κ2) is 4.56. The summed E-state index contributed by atoms with van der Waals surface area (Å²) in [5.41, 5.74) is 5.82. The van der Waals surface area contributed by atoms with Crippen LogP contribution in [0.1, 0.15) is 12.5 Å². The van der Waals surface area contributed by atoms with Crippen molar-refractivity contribution in [2.45, 2.75) is 13.0 Å². The highest BCUT2D eigenvalue weighted by atomic mass is 16.6. The molecule has 0 saturated carbocycles. The summed E-state index contributed by atoms with van der Waals surface area (Å²) in [5, 5.41) is 19.9. The first-order chi connectivity index (χ1) is 7.00. The second-order valence-corrected chi connectivity index (χ2v) is 3.22. The number of aromatic hydroxyl groups is 1. The maximum absolute atomic E-state index is 10.5. The quantitative estimate of drug-likeness (QED) is 0.584. The molecule has 5 heteroatoms. The Labute approximate surface area is 87.0 Å². The van der Waals surface area contributed by atoms with Gasteiger partial charge in [0.2, 0.25) is 0 Å². The highest BCUT2D eigenvalue weighted by Gasteiger charge is 2.07. The van der Waals surface area contributed by atoms with E-state index in [4.69, 9.17) is 5.73 Å². The number of hydrogen-bond donors (Lipinski definition) is 2. The number of rotatable bonds is 3. The topological polar surface area (TPSA) is 89.4 Å². The van der Waals surface area contributed by atoms with E-state index in [2.05, 4.69) is 0 Å². The molecule has 3 N–H and O–H groups in total. The van der Waals surface area contributed by atoms with Gasteiger partial charge >= 0.3 is 0 Å². The largest absolute Gasteiger partial charge is 0.507 e. The average molecular weight is 208 g/mol. The lowest BCUT2D eigenvalue weighted by Crippen LogP contribution is -2.09. The molecule has 1 atom stereocenters. The van der Waals surface area contributed by atoms with Crippen molar-refractivity contribution >= 4 is 11.8 Å². The lowest BCUT2D eigenvalue weighted by atomic mass is 10.1. The number of phenols is 1. The molecule has 1 aromatic rings. The van der Waals surface area contributed by atoms with E-state index in [9.17, 15) is 15.2 Å². The molecule has 0 aliphatic heterocycles. The van der Waals surface area contributed by atoms with E-state index in [-0.39, 0.29) is 17.5 Å². The van der Waals surface area contributed by atoms with Gasteiger partial charge in [0.25, 0.3) is 5.69 Å². The van der Waals surface area contributed by atoms with Gasteiger partial charge in [-0.05, 0) is 13.0 Å². The first-order valence-corrected chi connectivity index (χ1v) is 4.42. The summed E-state index contributed by atoms with van der Waals surface area (Å²) in [7, 11) is 0. The van der Waals surface area contributed by atoms with Crippen molar-refractivity contribution in [3.05, 3.63) is 40.0 Å². The zero-order valence-corrected chi connectivity index (χ0v) is 8.25. The van der Waals surface area contributed by atoms with Gasteiger partial charge in [0.05, 0.1) is 4.92 Å². The molecule has 0 aromatic heterocycles. The second-order valence-electron chi connectivity index (χ2n) is 3.22. The van der Waals surface area contributed by atoms with Gasteiger partial charge in [0.1, 0.15) is 5.75 Å². The SMILES string of the molecule is CC(N)/C=C/c1cc([N+](=O)[O-])ccc1O. The average Bonchev–Trinajstić information content (AvgIpc) is 2.16. The molecule has 80 valence electrons. The van der Waals surface area contributed by atoms with E-state index < -0.39 is 4.92 Å². The minimum atomic E-state index is -0.511. The molecule has 0 bridgehead atoms. The van der Waals surface area contributed by atoms with Gasteiger partial charge in [0.15, 0.2) is 0 Å². The first kappa shape index (κ1) is 11.2. The summed E-state index contributed by atoms with van der Waals surface area (Å²) >= 11 is 0. The van der Waals surface area contributed by atoms with Gasteiger partial charge in [-0.3, -0.25) is 10.1 Å². The summed E-state index contributed by atoms with van der Waals surface area (Å²) in [6.07, 6.45) is 3.21. The molecular formula is C10H12N2O3. The predicted molar refractivity (Wildman–Crippen MR) is 57.4 cm³/mol. The molecule has 0 radical (unpaired) electrons. The van der Waals surface area contributed by atoms with Crippen LogP contribution in [0.25, 0.3) is 6.08 Å². The smallest absolute Gasteiger partial charge is 0.270 e. The first-order valence-electron chi connectivity index (χ1n) is 4.42. The van der Waals surface area contributed by atoms with Crippen LogP contribution in [0.15, 0.2) is 24.3 Å². The number of non-ortho nitro benzene ring substituents is 1. The van der Waals surface area contributed by atoms with Crippen LogP contribution in [0, 0.1) is 10.1 Å². The maximum atomic E-state index is 10.5. The molecular weight excluding hydrogens is 196 g/mol. The summed E-state index contributed by atoms with van der Waals surface area (Å²) in [5.74, 6) is -0.00231. The van der Waals surface area contributed by atoms with Gasteiger partial charge in [-0.15, -0.1) is 0 Å². The predicted octanol–water partition coefficient (Wildman–Crippen LogP) is 1.66. The van der Waals surface area contributed by atoms with Gasteiger partial charge in [0, 0.05) is 23.7 Å². The minimum absolute atomic E-state index is 0.00231. The van der Waals surface area contributed by atoms with Crippen LogP contribution < -0.4 is 5.73 Å². The summed E-state index contributed by atoms with van der Waals surface area (Å²) in [6, 6.07) is 3.68. The van der Waals surface area contributed by atoms with E-state index in [0.29, 0.717) is 5.56 Å². The minimum Gasteiger partial charge on any atom is -0.507 e. The Bertz CT molecular complexity index is 400. The zero-order valence-electron chi connectivity index (χ0n) is 8.25. The summed E-state index contributed by atoms with van der Waals surface area (Å²) < 4.78 is 0. The molecule has 1 unspecified atom stereocenters. The van der Waals surface area contributed by atoms with Crippen LogP contribution in [-0.4, -0.2) is 16.1 Å². The molecule has 0 amide bonds. The van der Waals surface area contributed by atoms with Crippen LogP contribution in [0.5, 0.6) is 5.75 Å². The lowest BCUT2D eigenvalue weighted by Gasteiger charge is -2.00. The molecule has 1 rings (SSSR count). The van der Waals surface area contributed by atoms with Crippen molar-refractivity contribution in [2.24, 2.45) is 5.73 Å². The fourth-order valence-corrected chi connectivity index (χ4v) is 1.04. The van der Waals surface area contributed by atoms with Crippen molar-refractivity contribution < 1.29 is 10.0 Å². The normalized spacial score (nSPS) is 12.9. The molecule has 0 aliphatic rings. The van der Waals surface area contributed by atoms with Crippen molar-refractivity contribution in [1.82, 2.24) is 0 Å². The molecule has 15 heavy (non-hydrogen) atoms. The molecule has 0 heterocycles. The lowest BCUT2D eigenvalue weighted by molar-refractivity contribution is -0.384. The van der Waals surface area contributed by atoms with Crippen molar-refractivity contribution in [3.8, 4) is 5.75 Å². The third kappa shape index (κ3) is 3.07. The van der Waals surface area contributed by atoms with Crippen LogP contribution in [0.4, 0.5) is 5.69 Å². The molecule has 5 nitrogen and oxygen atoms in total. The molecule has 0 saturated heterocycles. The maximum Gasteiger partial charge on any atom is 0.270 e. The summed E-state index contributed by atoms with van der Waals surface area (Å²) in [4.78, 5) is 9.97. The monoisotopic (exact) mass is 208 g/mol. The van der Waals surface area contributed by atoms with E-state index in [1.54, 1.807) is 19.1 Å². The number of hydrogen-bond acceptors (Lipinski definition) is 4. The van der Waals surface area contributed by atoms with Crippen molar-refractivity contribution in [1.29, 1.82) is 0 Å². The molecule has 0 spiro atoms. The molecule has 0 aliphatic carbocycles. The van der Waals surface area contributed by atoms with Crippen molar-refractivity contribution in [3.63, 3.8) is 0 Å². The van der Waals surface area contributed by atoms with Gasteiger partial charge in [-0.25, -0.2) is 0 Å². The van der Waals surface area contributed by atoms with Crippen LogP contribution >= 0.6 is 0 Å². The Morgan fingerprint density at radius 1 is 1.60 bits per heavy atom. The van der Waals surface area contributed by atoms with E-state index in [0.717, 1.165) is 0 Å². The molecule has 1 aromatic carbocycles. The Morgan fingerprint density at radius 2 is 2.27 bits per heavy atom. The standard InChI is InChI=1S/C10H12N2O3/c1-7(11)2-3-8-6-9(12(14)15)4-5-10(8)13/h2-7,13H,11H2,1H3/b3-2+. The van der Waals surface area contributed by atoms with E-state index in [1.165, 1.54) is 18.2 Å². The van der Waals surface area contributed by atoms with Crippen LogP contribution in [0.3, 0.4) is 0 Å². The van der Waals surface area contributed by atoms with Gasteiger partial charge in [-0.2, -0.15) is 0 Å². The van der Waals surface area contributed by atoms with E-state index in [1.807, 2.05) is 0 Å². The van der Waals surface area contributed by atoms with Gasteiger partial charge < -0.3 is 10.8 Å². The van der Waals surface area contributed by atoms with Gasteiger partial charge in [-0.1, -0.05) is 12.2 Å². The third-order valence-electron chi connectivity index (χ3n) is 1.80. The van der Waals surface area contributed by atoms with E-state index >= 15 is 0 Å². The Morgan fingerprint density at radius 3 is 2.80 bits per heavy atom.